The number of fused-ring (bicyclic) bond motifs is 10. The van der Waals surface area contributed by atoms with E-state index in [-0.39, 0.29) is 30.9 Å². The van der Waals surface area contributed by atoms with Gasteiger partial charge in [0.05, 0.1) is 82.3 Å². The summed E-state index contributed by atoms with van der Waals surface area (Å²) in [5.74, 6) is -0.899. The molecule has 16 nitrogen and oxygen atoms in total. The van der Waals surface area contributed by atoms with E-state index in [1.54, 1.807) is 0 Å². The maximum absolute atomic E-state index is 13.2. The van der Waals surface area contributed by atoms with Crippen molar-refractivity contribution in [1.29, 1.82) is 10.5 Å². The minimum atomic E-state index is -4.78. The second-order valence-electron chi connectivity index (χ2n) is 13.4. The molecular weight excluding hydrogens is 775 g/mol. The van der Waals surface area contributed by atoms with Gasteiger partial charge in [0.25, 0.3) is 0 Å². The second-order valence-corrected chi connectivity index (χ2v) is 17.4. The predicted octanol–water partition coefficient (Wildman–Crippen LogP) is 5.12. The molecule has 4 bridgehead atoms. The van der Waals surface area contributed by atoms with Crippen molar-refractivity contribution < 1.29 is 52.7 Å². The van der Waals surface area contributed by atoms with Crippen molar-refractivity contribution >= 4 is 31.4 Å². The van der Waals surface area contributed by atoms with Crippen LogP contribution >= 0.6 is 0 Å². The molecule has 6 aliphatic rings. The molecule has 24 heteroatoms. The van der Waals surface area contributed by atoms with Crippen molar-refractivity contribution in [3.05, 3.63) is 79.5 Å². The number of benzene rings is 2. The number of nitriles is 2. The van der Waals surface area contributed by atoms with Gasteiger partial charge in [-0.05, 0) is 60.3 Å². The van der Waals surface area contributed by atoms with Crippen LogP contribution in [0.15, 0.2) is 46.6 Å². The zero-order chi connectivity index (χ0) is 39.1. The number of ether oxygens (including phenoxy) is 2. The zero-order valence-corrected chi connectivity index (χ0v) is 28.7. The Kier molecular flexibility index (Phi) is 8.87. The van der Waals surface area contributed by atoms with Gasteiger partial charge in [-0.15, -0.1) is 0 Å². The summed E-state index contributed by atoms with van der Waals surface area (Å²) in [5, 5.41) is 23.2. The van der Waals surface area contributed by atoms with Gasteiger partial charge in [0.2, 0.25) is 20.0 Å². The molecular formula is C30H24F6N10O6S2. The summed E-state index contributed by atoms with van der Waals surface area (Å²) in [7, 11) is -7.95. The van der Waals surface area contributed by atoms with Crippen LogP contribution in [0.1, 0.15) is 35.1 Å². The Morgan fingerprint density at radius 3 is 1.63 bits per heavy atom. The molecule has 0 spiro atoms. The van der Waals surface area contributed by atoms with E-state index in [4.69, 9.17) is 31.1 Å². The highest BCUT2D eigenvalue weighted by molar-refractivity contribution is 7.94. The third-order valence-electron chi connectivity index (χ3n) is 10.7. The zero-order valence-electron chi connectivity index (χ0n) is 27.1. The lowest BCUT2D eigenvalue weighted by Gasteiger charge is -2.24. The fourth-order valence-electron chi connectivity index (χ4n) is 8.55. The molecule has 2 aromatic carbocycles. The third kappa shape index (κ3) is 5.81. The summed E-state index contributed by atoms with van der Waals surface area (Å²) >= 11 is 0. The summed E-state index contributed by atoms with van der Waals surface area (Å²) in [6.45, 7) is -0.0742. The van der Waals surface area contributed by atoms with Crippen molar-refractivity contribution in [1.82, 2.24) is 0 Å². The molecule has 284 valence electrons. The van der Waals surface area contributed by atoms with Gasteiger partial charge in [0.1, 0.15) is 10.5 Å². The van der Waals surface area contributed by atoms with Crippen LogP contribution in [0.3, 0.4) is 0 Å². The number of sulfonamides is 2. The summed E-state index contributed by atoms with van der Waals surface area (Å²) < 4.78 is 144. The summed E-state index contributed by atoms with van der Waals surface area (Å²) in [5.41, 5.74) is 13.5. The number of hydrogen-bond acceptors (Lipinski definition) is 10. The van der Waals surface area contributed by atoms with E-state index in [9.17, 15) is 43.2 Å². The maximum Gasteiger partial charge on any atom is 0.417 e. The molecule has 0 aliphatic carbocycles. The molecule has 6 saturated heterocycles. The Morgan fingerprint density at radius 1 is 0.704 bits per heavy atom. The lowest BCUT2D eigenvalue weighted by molar-refractivity contribution is -0.138. The van der Waals surface area contributed by atoms with Gasteiger partial charge in [0.15, 0.2) is 0 Å². The quantitative estimate of drug-likeness (QED) is 0.174. The van der Waals surface area contributed by atoms with E-state index in [0.29, 0.717) is 18.6 Å². The van der Waals surface area contributed by atoms with Crippen LogP contribution in [-0.4, -0.2) is 76.9 Å². The van der Waals surface area contributed by atoms with Gasteiger partial charge in [-0.2, -0.15) is 36.9 Å². The lowest BCUT2D eigenvalue weighted by Crippen LogP contribution is -2.42. The first-order valence-electron chi connectivity index (χ1n) is 16.0. The second kappa shape index (κ2) is 12.8. The van der Waals surface area contributed by atoms with Gasteiger partial charge < -0.3 is 9.47 Å². The molecule has 10 atom stereocenters. The predicted molar refractivity (Wildman–Crippen MR) is 172 cm³/mol. The average molecular weight is 799 g/mol. The molecule has 8 rings (SSSR count). The van der Waals surface area contributed by atoms with Gasteiger partial charge in [-0.3, -0.25) is 8.61 Å². The van der Waals surface area contributed by atoms with Crippen LogP contribution in [0, 0.1) is 34.5 Å². The minimum absolute atomic E-state index is 0.0135. The number of hydrogen-bond donors (Lipinski definition) is 0. The smallest absolute Gasteiger partial charge is 0.373 e. The molecule has 0 aromatic heterocycles. The molecule has 54 heavy (non-hydrogen) atoms. The van der Waals surface area contributed by atoms with Gasteiger partial charge in [-0.1, -0.05) is 10.2 Å². The Bertz CT molecular complexity index is 2250. The van der Waals surface area contributed by atoms with Crippen molar-refractivity contribution in [3.8, 4) is 12.1 Å². The van der Waals surface area contributed by atoms with E-state index < -0.39 is 113 Å². The molecule has 2 aromatic rings. The number of anilines is 2. The van der Waals surface area contributed by atoms with E-state index in [1.807, 2.05) is 0 Å². The van der Waals surface area contributed by atoms with Crippen molar-refractivity contribution in [2.24, 2.45) is 22.1 Å². The highest BCUT2D eigenvalue weighted by atomic mass is 32.2. The average Bonchev–Trinajstić information content (AvgIpc) is 3.94. The number of rotatable bonds is 4. The van der Waals surface area contributed by atoms with Crippen LogP contribution in [-0.2, 0) is 41.9 Å². The fourth-order valence-corrected chi connectivity index (χ4v) is 13.2. The molecule has 0 unspecified atom stereocenters. The first kappa shape index (κ1) is 37.4. The molecule has 0 radical (unpaired) electrons. The topological polar surface area (TPSA) is 238 Å². The Morgan fingerprint density at radius 2 is 1.15 bits per heavy atom. The molecule has 0 N–H and O–H groups in total. The molecule has 6 aliphatic heterocycles. The Labute approximate surface area is 301 Å². The molecule has 0 amide bonds. The minimum Gasteiger partial charge on any atom is -0.373 e. The van der Waals surface area contributed by atoms with Crippen LogP contribution in [0.5, 0.6) is 0 Å². The maximum atomic E-state index is 13.2. The molecule has 0 saturated carbocycles. The van der Waals surface area contributed by atoms with Crippen molar-refractivity contribution in [2.75, 3.05) is 21.7 Å². The van der Waals surface area contributed by atoms with Crippen molar-refractivity contribution in [3.63, 3.8) is 0 Å². The number of alkyl halides is 6. The number of halogens is 6. The number of azide groups is 2. The monoisotopic (exact) mass is 798 g/mol. The SMILES string of the molecule is N#Cc1ccc(N2C[C@@H]3[C@@H]([C@H]4O[C@@H]3C[C@@H]4N=[N+]=[N-])S2(=O)=O)cc1C(F)(F)F.N#Cc1ccc(N2C[C@H]3[C@@H]4O[C@@H](C[C@H]4N=[N+]=[N-])[C@H]3S2(=O)=O)cc1C(F)(F)F. The van der Waals surface area contributed by atoms with Crippen LogP contribution in [0.25, 0.3) is 20.9 Å². The first-order valence-corrected chi connectivity index (χ1v) is 19.0. The van der Waals surface area contributed by atoms with Crippen LogP contribution in [0.4, 0.5) is 37.7 Å². The standard InChI is InChI=1S/2C15H12F3N5O3S/c16-15(17,18)10-3-8(2-1-7(10)5-19)23-6-9-13-11(21-22-20)4-12(26-13)14(9)27(23,24)25;16-15(17,18)10-3-8(2-1-7(10)5-19)23-6-9-12-4-11(21-22-20)13(26-12)14(9)27(23,24)25/h2*1-3,9,11-14H,4,6H2/t9-,11+,12-,13-,14-;9-,11-,12+,13-,14-/m00/s1. The van der Waals surface area contributed by atoms with Crippen LogP contribution in [0.2, 0.25) is 0 Å². The largest absolute Gasteiger partial charge is 0.417 e. The normalized spacial score (nSPS) is 33.4. The van der Waals surface area contributed by atoms with E-state index >= 15 is 0 Å². The van der Waals surface area contributed by atoms with Gasteiger partial charge in [-0.25, -0.2) is 16.8 Å². The van der Waals surface area contributed by atoms with E-state index in [0.717, 1.165) is 20.7 Å². The summed E-state index contributed by atoms with van der Waals surface area (Å²) in [6.07, 6.45) is -11.3. The highest BCUT2D eigenvalue weighted by Crippen LogP contribution is 2.52. The molecule has 6 fully saturated rings. The van der Waals surface area contributed by atoms with Crippen LogP contribution < -0.4 is 8.61 Å². The van der Waals surface area contributed by atoms with Crippen molar-refractivity contribution in [2.45, 2.75) is 72.2 Å². The lowest BCUT2D eigenvalue weighted by atomic mass is 9.85. The highest BCUT2D eigenvalue weighted by Gasteiger charge is 2.65. The first-order chi connectivity index (χ1) is 25.4. The summed E-state index contributed by atoms with van der Waals surface area (Å²) in [6, 6.07) is 7.54. The number of nitrogens with zero attached hydrogens (tertiary/aromatic N) is 10. The van der Waals surface area contributed by atoms with E-state index in [1.165, 1.54) is 24.3 Å². The Hall–Kier alpha value is -4.96. The summed E-state index contributed by atoms with van der Waals surface area (Å²) in [4.78, 5) is 5.46. The Balaban J connectivity index is 0.000000167. The van der Waals surface area contributed by atoms with Gasteiger partial charge >= 0.3 is 12.4 Å². The van der Waals surface area contributed by atoms with Gasteiger partial charge in [0, 0.05) is 34.7 Å². The third-order valence-corrected chi connectivity index (χ3v) is 15.3. The van der Waals surface area contributed by atoms with E-state index in [2.05, 4.69) is 20.1 Å². The molecule has 6 heterocycles. The fraction of sp³-hybridized carbons (Fsp3) is 0.533.